The van der Waals surface area contributed by atoms with Gasteiger partial charge in [-0.1, -0.05) is 25.0 Å². The lowest BCUT2D eigenvalue weighted by atomic mass is 9.97. The summed E-state index contributed by atoms with van der Waals surface area (Å²) < 4.78 is 7.21. The topological polar surface area (TPSA) is 96.2 Å². The molecule has 0 amide bonds. The first-order chi connectivity index (χ1) is 14.3. The van der Waals surface area contributed by atoms with Gasteiger partial charge in [-0.2, -0.15) is 5.26 Å². The number of aryl methyl sites for hydroxylation is 3. The van der Waals surface area contributed by atoms with Crippen LogP contribution in [-0.2, 0) is 0 Å². The molecule has 1 aliphatic rings. The van der Waals surface area contributed by atoms with Crippen LogP contribution in [0, 0.1) is 39.0 Å². The number of carbonyl (C=O) groups excluding carboxylic acids is 1. The Bertz CT molecular complexity index is 1300. The highest BCUT2D eigenvalue weighted by atomic mass is 16.3. The highest BCUT2D eigenvalue weighted by Crippen LogP contribution is 2.36. The average molecular weight is 404 g/mol. The summed E-state index contributed by atoms with van der Waals surface area (Å²) in [4.78, 5) is 26.4. The molecular weight excluding hydrogens is 380 g/mol. The Balaban J connectivity index is 1.98. The molecule has 1 saturated carbocycles. The number of rotatable bonds is 3. The van der Waals surface area contributed by atoms with Gasteiger partial charge in [0.25, 0.3) is 5.56 Å². The standard InChI is InChI=1S/C24H24N2O4/c1-12-9-10-17-15(4)22(30-21(17)13(12)2)20(27)19-14(3)18(11-25)23(28)26(24(19)29)16-7-5-6-8-16/h9-10,16,29H,5-8H2,1-4H3. The van der Waals surface area contributed by atoms with E-state index in [9.17, 15) is 20.0 Å². The van der Waals surface area contributed by atoms with Crippen molar-refractivity contribution in [3.05, 3.63) is 61.6 Å². The van der Waals surface area contributed by atoms with Gasteiger partial charge in [-0.15, -0.1) is 0 Å². The van der Waals surface area contributed by atoms with Crippen molar-refractivity contribution in [2.24, 2.45) is 0 Å². The molecule has 2 heterocycles. The first-order valence-electron chi connectivity index (χ1n) is 10.2. The molecular formula is C24H24N2O4. The molecule has 0 atom stereocenters. The van der Waals surface area contributed by atoms with Crippen molar-refractivity contribution >= 4 is 16.8 Å². The van der Waals surface area contributed by atoms with Gasteiger partial charge in [-0.25, -0.2) is 0 Å². The molecule has 3 aromatic rings. The Hall–Kier alpha value is -3.33. The summed E-state index contributed by atoms with van der Waals surface area (Å²) in [6, 6.07) is 5.62. The Labute approximate surface area is 174 Å². The smallest absolute Gasteiger partial charge is 0.271 e. The van der Waals surface area contributed by atoms with E-state index in [1.54, 1.807) is 6.92 Å². The second-order valence-electron chi connectivity index (χ2n) is 8.19. The lowest BCUT2D eigenvalue weighted by Gasteiger charge is -2.19. The fourth-order valence-electron chi connectivity index (χ4n) is 4.54. The highest BCUT2D eigenvalue weighted by molar-refractivity contribution is 6.13. The molecule has 2 aromatic heterocycles. The summed E-state index contributed by atoms with van der Waals surface area (Å²) in [6.45, 7) is 7.24. The monoisotopic (exact) mass is 404 g/mol. The number of benzene rings is 1. The predicted molar refractivity (Wildman–Crippen MR) is 113 cm³/mol. The number of carbonyl (C=O) groups is 1. The van der Waals surface area contributed by atoms with Crippen molar-refractivity contribution in [2.45, 2.75) is 59.4 Å². The molecule has 1 fully saturated rings. The van der Waals surface area contributed by atoms with Crippen LogP contribution in [0.25, 0.3) is 11.0 Å². The Morgan fingerprint density at radius 2 is 1.80 bits per heavy atom. The van der Waals surface area contributed by atoms with E-state index in [1.165, 1.54) is 11.5 Å². The molecule has 1 aliphatic carbocycles. The Morgan fingerprint density at radius 3 is 2.43 bits per heavy atom. The Morgan fingerprint density at radius 1 is 1.13 bits per heavy atom. The van der Waals surface area contributed by atoms with Crippen molar-refractivity contribution in [1.29, 1.82) is 5.26 Å². The number of fused-ring (bicyclic) bond motifs is 1. The second-order valence-corrected chi connectivity index (χ2v) is 8.19. The van der Waals surface area contributed by atoms with Crippen molar-refractivity contribution in [3.8, 4) is 11.9 Å². The zero-order chi connectivity index (χ0) is 21.7. The van der Waals surface area contributed by atoms with Gasteiger partial charge in [0.05, 0.1) is 5.56 Å². The molecule has 0 saturated heterocycles. The number of ketones is 1. The van der Waals surface area contributed by atoms with Crippen LogP contribution in [0.15, 0.2) is 21.3 Å². The first-order valence-corrected chi connectivity index (χ1v) is 10.2. The van der Waals surface area contributed by atoms with Gasteiger partial charge < -0.3 is 9.52 Å². The molecule has 1 aromatic carbocycles. The Kier molecular flexibility index (Phi) is 4.77. The van der Waals surface area contributed by atoms with Crippen LogP contribution in [0.1, 0.15) is 75.7 Å². The fraction of sp³-hybridized carbons (Fsp3) is 0.375. The fourth-order valence-corrected chi connectivity index (χ4v) is 4.54. The van der Waals surface area contributed by atoms with Crippen LogP contribution in [-0.4, -0.2) is 15.5 Å². The zero-order valence-electron chi connectivity index (χ0n) is 17.6. The van der Waals surface area contributed by atoms with E-state index in [1.807, 2.05) is 32.0 Å². The summed E-state index contributed by atoms with van der Waals surface area (Å²) in [5.74, 6) is -0.766. The molecule has 0 bridgehead atoms. The van der Waals surface area contributed by atoms with E-state index in [0.29, 0.717) is 11.1 Å². The van der Waals surface area contributed by atoms with Gasteiger partial charge in [0, 0.05) is 17.0 Å². The number of nitriles is 1. The van der Waals surface area contributed by atoms with Crippen LogP contribution in [0.5, 0.6) is 5.88 Å². The normalized spacial score (nSPS) is 14.4. The van der Waals surface area contributed by atoms with Crippen LogP contribution < -0.4 is 5.56 Å². The van der Waals surface area contributed by atoms with Crippen LogP contribution in [0.2, 0.25) is 0 Å². The minimum atomic E-state index is -0.538. The lowest BCUT2D eigenvalue weighted by Crippen LogP contribution is -2.29. The van der Waals surface area contributed by atoms with Gasteiger partial charge in [0.1, 0.15) is 17.2 Å². The molecule has 0 spiro atoms. The third-order valence-corrected chi connectivity index (χ3v) is 6.49. The maximum absolute atomic E-state index is 13.5. The molecule has 4 rings (SSSR count). The first kappa shape index (κ1) is 20.0. The minimum absolute atomic E-state index is 0.0328. The predicted octanol–water partition coefficient (Wildman–Crippen LogP) is 4.75. The van der Waals surface area contributed by atoms with Gasteiger partial charge >= 0.3 is 0 Å². The summed E-state index contributed by atoms with van der Waals surface area (Å²) in [6.07, 6.45) is 3.35. The minimum Gasteiger partial charge on any atom is -0.494 e. The molecule has 0 radical (unpaired) electrons. The molecule has 30 heavy (non-hydrogen) atoms. The molecule has 6 heteroatoms. The molecule has 0 aliphatic heterocycles. The summed E-state index contributed by atoms with van der Waals surface area (Å²) in [7, 11) is 0. The highest BCUT2D eigenvalue weighted by Gasteiger charge is 2.31. The van der Waals surface area contributed by atoms with E-state index >= 15 is 0 Å². The third-order valence-electron chi connectivity index (χ3n) is 6.49. The number of furan rings is 1. The second kappa shape index (κ2) is 7.17. The van der Waals surface area contributed by atoms with Gasteiger partial charge in [0.2, 0.25) is 11.7 Å². The maximum atomic E-state index is 13.5. The van der Waals surface area contributed by atoms with Gasteiger partial charge in [-0.3, -0.25) is 14.2 Å². The van der Waals surface area contributed by atoms with Crippen molar-refractivity contribution in [1.82, 2.24) is 4.57 Å². The van der Waals surface area contributed by atoms with Gasteiger partial charge in [0.15, 0.2) is 5.76 Å². The number of nitrogens with zero attached hydrogens (tertiary/aromatic N) is 2. The third kappa shape index (κ3) is 2.77. The van der Waals surface area contributed by atoms with Crippen LogP contribution >= 0.6 is 0 Å². The number of aromatic hydroxyl groups is 1. The molecule has 0 unspecified atom stereocenters. The van der Waals surface area contributed by atoms with Gasteiger partial charge in [-0.05, 0) is 57.2 Å². The summed E-state index contributed by atoms with van der Waals surface area (Å²) in [5, 5.41) is 21.4. The van der Waals surface area contributed by atoms with Crippen molar-refractivity contribution < 1.29 is 14.3 Å². The van der Waals surface area contributed by atoms with E-state index in [4.69, 9.17) is 4.42 Å². The SMILES string of the molecule is Cc1ccc2c(C)c(C(=O)c3c(C)c(C#N)c(=O)n(C4CCCC4)c3O)oc2c1C. The largest absolute Gasteiger partial charge is 0.494 e. The number of hydrogen-bond acceptors (Lipinski definition) is 5. The molecule has 6 nitrogen and oxygen atoms in total. The van der Waals surface area contributed by atoms with Crippen LogP contribution in [0.4, 0.5) is 0 Å². The van der Waals surface area contributed by atoms with E-state index in [-0.39, 0.29) is 34.4 Å². The summed E-state index contributed by atoms with van der Waals surface area (Å²) in [5.41, 5.74) is 2.82. The van der Waals surface area contributed by atoms with E-state index in [0.717, 1.165) is 42.2 Å². The van der Waals surface area contributed by atoms with Crippen molar-refractivity contribution in [2.75, 3.05) is 0 Å². The van der Waals surface area contributed by atoms with Crippen molar-refractivity contribution in [3.63, 3.8) is 0 Å². The number of hydrogen-bond donors (Lipinski definition) is 1. The average Bonchev–Trinajstić information content (AvgIpc) is 3.34. The lowest BCUT2D eigenvalue weighted by molar-refractivity contribution is 0.100. The summed E-state index contributed by atoms with van der Waals surface area (Å²) >= 11 is 0. The van der Waals surface area contributed by atoms with Crippen LogP contribution in [0.3, 0.4) is 0 Å². The van der Waals surface area contributed by atoms with E-state index in [2.05, 4.69) is 0 Å². The number of pyridine rings is 1. The van der Waals surface area contributed by atoms with E-state index < -0.39 is 11.3 Å². The maximum Gasteiger partial charge on any atom is 0.271 e. The number of aromatic nitrogens is 1. The quantitative estimate of drug-likeness (QED) is 0.635. The molecule has 1 N–H and O–H groups in total. The molecule has 154 valence electrons. The zero-order valence-corrected chi connectivity index (χ0v) is 17.6.